The Labute approximate surface area is 200 Å². The van der Waals surface area contributed by atoms with Gasteiger partial charge in [-0.2, -0.15) is 0 Å². The minimum atomic E-state index is 0.177. The number of methoxy groups -OCH3 is 1. The molecule has 1 fully saturated rings. The molecular weight excluding hydrogens is 432 g/mol. The van der Waals surface area contributed by atoms with E-state index in [4.69, 9.17) is 4.74 Å². The minimum absolute atomic E-state index is 0.177. The summed E-state index contributed by atoms with van der Waals surface area (Å²) in [5, 5.41) is 9.59. The zero-order chi connectivity index (χ0) is 23.0. The van der Waals surface area contributed by atoms with Gasteiger partial charge < -0.3 is 9.64 Å². The molecule has 2 heterocycles. The van der Waals surface area contributed by atoms with Crippen LogP contribution in [0.4, 0.5) is 0 Å². The van der Waals surface area contributed by atoms with Gasteiger partial charge in [0.15, 0.2) is 11.0 Å². The number of amides is 1. The fraction of sp³-hybridized carbons (Fsp3) is 0.423. The summed E-state index contributed by atoms with van der Waals surface area (Å²) >= 11 is 1.46. The molecule has 1 aliphatic rings. The van der Waals surface area contributed by atoms with Crippen molar-refractivity contribution >= 4 is 17.7 Å². The number of piperidine rings is 1. The Bertz CT molecular complexity index is 1050. The lowest BCUT2D eigenvalue weighted by Gasteiger charge is -2.32. The Kier molecular flexibility index (Phi) is 8.18. The van der Waals surface area contributed by atoms with Crippen LogP contribution in [0.25, 0.3) is 11.4 Å². The molecule has 0 atom stereocenters. The van der Waals surface area contributed by atoms with Gasteiger partial charge in [0.2, 0.25) is 5.91 Å². The SMILES string of the molecule is COCCn1c(SCC(=O)N2CCC(Cc3ccccc3)CC2)nnc1-c1cccc(C)c1. The maximum absolute atomic E-state index is 12.9. The van der Waals surface area contributed by atoms with Crippen molar-refractivity contribution in [2.24, 2.45) is 5.92 Å². The van der Waals surface area contributed by atoms with Crippen LogP contribution >= 0.6 is 11.8 Å². The fourth-order valence-electron chi connectivity index (χ4n) is 4.33. The van der Waals surface area contributed by atoms with E-state index < -0.39 is 0 Å². The molecule has 1 aliphatic heterocycles. The molecule has 3 aromatic rings. The molecule has 0 saturated carbocycles. The summed E-state index contributed by atoms with van der Waals surface area (Å²) in [7, 11) is 1.69. The minimum Gasteiger partial charge on any atom is -0.383 e. The van der Waals surface area contributed by atoms with Gasteiger partial charge in [-0.05, 0) is 43.7 Å². The first-order valence-electron chi connectivity index (χ1n) is 11.6. The molecule has 4 rings (SSSR count). The van der Waals surface area contributed by atoms with E-state index in [0.717, 1.165) is 48.9 Å². The highest BCUT2D eigenvalue weighted by Gasteiger charge is 2.24. The molecule has 0 unspecified atom stereocenters. The Morgan fingerprint density at radius 1 is 1.09 bits per heavy atom. The van der Waals surface area contributed by atoms with Crippen molar-refractivity contribution in [3.8, 4) is 11.4 Å². The average molecular weight is 465 g/mol. The summed E-state index contributed by atoms with van der Waals surface area (Å²) in [6.07, 6.45) is 3.22. The van der Waals surface area contributed by atoms with Crippen LogP contribution in [0.5, 0.6) is 0 Å². The lowest BCUT2D eigenvalue weighted by Crippen LogP contribution is -2.39. The smallest absolute Gasteiger partial charge is 0.233 e. The first-order chi connectivity index (χ1) is 16.1. The normalized spacial score (nSPS) is 14.5. The Morgan fingerprint density at radius 2 is 1.88 bits per heavy atom. The van der Waals surface area contributed by atoms with E-state index in [1.54, 1.807) is 7.11 Å². The number of carbonyl (C=O) groups is 1. The van der Waals surface area contributed by atoms with Gasteiger partial charge in [-0.25, -0.2) is 0 Å². The third-order valence-corrected chi connectivity index (χ3v) is 7.12. The molecule has 0 bridgehead atoms. The monoisotopic (exact) mass is 464 g/mol. The molecule has 0 N–H and O–H groups in total. The van der Waals surface area contributed by atoms with Gasteiger partial charge in [0.05, 0.1) is 18.9 Å². The molecule has 2 aromatic carbocycles. The molecule has 1 aromatic heterocycles. The number of carbonyl (C=O) groups excluding carboxylic acids is 1. The molecule has 0 aliphatic carbocycles. The number of hydrogen-bond donors (Lipinski definition) is 0. The van der Waals surface area contributed by atoms with Crippen molar-refractivity contribution in [1.82, 2.24) is 19.7 Å². The standard InChI is InChI=1S/C26H32N4O2S/c1-20-7-6-10-23(17-20)25-27-28-26(30(25)15-16-32-2)33-19-24(31)29-13-11-22(12-14-29)18-21-8-4-3-5-9-21/h3-10,17,22H,11-16,18-19H2,1-2H3. The number of nitrogens with zero attached hydrogens (tertiary/aromatic N) is 4. The lowest BCUT2D eigenvalue weighted by molar-refractivity contribution is -0.129. The van der Waals surface area contributed by atoms with Gasteiger partial charge in [0.1, 0.15) is 0 Å². The summed E-state index contributed by atoms with van der Waals surface area (Å²) in [6.45, 7) is 4.95. The summed E-state index contributed by atoms with van der Waals surface area (Å²) in [5.74, 6) is 2.02. The molecule has 1 saturated heterocycles. The number of aryl methyl sites for hydroxylation is 1. The van der Waals surface area contributed by atoms with Gasteiger partial charge in [0.25, 0.3) is 0 Å². The van der Waals surface area contributed by atoms with E-state index in [-0.39, 0.29) is 5.91 Å². The molecule has 174 valence electrons. The number of rotatable bonds is 9. The van der Waals surface area contributed by atoms with Gasteiger partial charge in [-0.15, -0.1) is 10.2 Å². The van der Waals surface area contributed by atoms with Crippen LogP contribution in [0.2, 0.25) is 0 Å². The molecule has 6 nitrogen and oxygen atoms in total. The topological polar surface area (TPSA) is 60.2 Å². The van der Waals surface area contributed by atoms with Crippen molar-refractivity contribution < 1.29 is 9.53 Å². The van der Waals surface area contributed by atoms with Crippen LogP contribution in [0.15, 0.2) is 59.8 Å². The van der Waals surface area contributed by atoms with Crippen LogP contribution < -0.4 is 0 Å². The van der Waals surface area contributed by atoms with E-state index in [2.05, 4.69) is 64.2 Å². The predicted octanol–water partition coefficient (Wildman–Crippen LogP) is 4.47. The van der Waals surface area contributed by atoms with Gasteiger partial charge in [-0.3, -0.25) is 9.36 Å². The second kappa shape index (κ2) is 11.5. The molecule has 7 heteroatoms. The zero-order valence-electron chi connectivity index (χ0n) is 19.4. The second-order valence-corrected chi connectivity index (χ2v) is 9.57. The van der Waals surface area contributed by atoms with Crippen molar-refractivity contribution in [1.29, 1.82) is 0 Å². The third kappa shape index (κ3) is 6.24. The van der Waals surface area contributed by atoms with Crippen molar-refractivity contribution in [3.63, 3.8) is 0 Å². The Hall–Kier alpha value is -2.64. The molecule has 0 spiro atoms. The van der Waals surface area contributed by atoms with Crippen LogP contribution in [-0.2, 0) is 22.5 Å². The molecule has 0 radical (unpaired) electrons. The Morgan fingerprint density at radius 3 is 2.61 bits per heavy atom. The van der Waals surface area contributed by atoms with Crippen molar-refractivity contribution in [2.75, 3.05) is 32.6 Å². The number of thioether (sulfide) groups is 1. The number of ether oxygens (including phenoxy) is 1. The third-order valence-electron chi connectivity index (χ3n) is 6.17. The first kappa shape index (κ1) is 23.5. The van der Waals surface area contributed by atoms with Crippen LogP contribution in [0, 0.1) is 12.8 Å². The highest BCUT2D eigenvalue weighted by Crippen LogP contribution is 2.26. The Balaban J connectivity index is 1.34. The van der Waals surface area contributed by atoms with Gasteiger partial charge in [0, 0.05) is 25.8 Å². The quantitative estimate of drug-likeness (QED) is 0.437. The number of aromatic nitrogens is 3. The van der Waals surface area contributed by atoms with Crippen LogP contribution in [-0.4, -0.2) is 58.1 Å². The fourth-order valence-corrected chi connectivity index (χ4v) is 5.20. The lowest BCUT2D eigenvalue weighted by atomic mass is 9.90. The second-order valence-electron chi connectivity index (χ2n) is 8.62. The summed E-state index contributed by atoms with van der Waals surface area (Å²) in [6, 6.07) is 18.9. The van der Waals surface area contributed by atoms with Gasteiger partial charge in [-0.1, -0.05) is 65.9 Å². The summed E-state index contributed by atoms with van der Waals surface area (Å²) < 4.78 is 7.36. The summed E-state index contributed by atoms with van der Waals surface area (Å²) in [4.78, 5) is 14.9. The van der Waals surface area contributed by atoms with E-state index in [0.29, 0.717) is 24.8 Å². The zero-order valence-corrected chi connectivity index (χ0v) is 20.3. The van der Waals surface area contributed by atoms with Gasteiger partial charge >= 0.3 is 0 Å². The number of hydrogen-bond acceptors (Lipinski definition) is 5. The van der Waals surface area contributed by atoms with E-state index >= 15 is 0 Å². The van der Waals surface area contributed by atoms with E-state index in [9.17, 15) is 4.79 Å². The average Bonchev–Trinajstić information content (AvgIpc) is 3.25. The van der Waals surface area contributed by atoms with Crippen LogP contribution in [0.1, 0.15) is 24.0 Å². The predicted molar refractivity (Wildman–Crippen MR) is 132 cm³/mol. The number of likely N-dealkylation sites (tertiary alicyclic amines) is 1. The number of benzene rings is 2. The molecule has 1 amide bonds. The maximum Gasteiger partial charge on any atom is 0.233 e. The maximum atomic E-state index is 12.9. The molecular formula is C26H32N4O2S. The van der Waals surface area contributed by atoms with Crippen LogP contribution in [0.3, 0.4) is 0 Å². The highest BCUT2D eigenvalue weighted by molar-refractivity contribution is 7.99. The summed E-state index contributed by atoms with van der Waals surface area (Å²) in [5.41, 5.74) is 3.59. The molecule has 33 heavy (non-hydrogen) atoms. The van der Waals surface area contributed by atoms with E-state index in [1.807, 2.05) is 17.0 Å². The highest BCUT2D eigenvalue weighted by atomic mass is 32.2. The van der Waals surface area contributed by atoms with Crippen molar-refractivity contribution in [2.45, 2.75) is 37.9 Å². The largest absolute Gasteiger partial charge is 0.383 e. The van der Waals surface area contributed by atoms with Crippen molar-refractivity contribution in [3.05, 3.63) is 65.7 Å². The van der Waals surface area contributed by atoms with E-state index in [1.165, 1.54) is 22.9 Å². The first-order valence-corrected chi connectivity index (χ1v) is 12.6.